The van der Waals surface area contributed by atoms with Crippen LogP contribution in [-0.4, -0.2) is 22.9 Å². The summed E-state index contributed by atoms with van der Waals surface area (Å²) >= 11 is 0. The van der Waals surface area contributed by atoms with Gasteiger partial charge in [-0.1, -0.05) is 18.2 Å². The zero-order valence-electron chi connectivity index (χ0n) is 12.9. The second kappa shape index (κ2) is 6.15. The summed E-state index contributed by atoms with van der Waals surface area (Å²) < 4.78 is 39.4. The van der Waals surface area contributed by atoms with E-state index in [9.17, 15) is 18.0 Å². The molecule has 6 heteroatoms. The van der Waals surface area contributed by atoms with Crippen molar-refractivity contribution in [1.29, 1.82) is 0 Å². The number of carbonyl (C=O) groups excluding carboxylic acids is 1. The molecule has 0 saturated heterocycles. The summed E-state index contributed by atoms with van der Waals surface area (Å²) in [4.78, 5) is 14.4. The van der Waals surface area contributed by atoms with E-state index in [1.54, 1.807) is 11.0 Å². The predicted octanol–water partition coefficient (Wildman–Crippen LogP) is 3.32. The Balaban J connectivity index is 1.80. The van der Waals surface area contributed by atoms with Crippen LogP contribution in [0.25, 0.3) is 0 Å². The van der Waals surface area contributed by atoms with Crippen LogP contribution in [0.2, 0.25) is 0 Å². The first kappa shape index (κ1) is 16.3. The van der Waals surface area contributed by atoms with Crippen LogP contribution >= 0.6 is 0 Å². The van der Waals surface area contributed by atoms with Crippen molar-refractivity contribution in [2.45, 2.75) is 56.9 Å². The number of hydrogen-bond donors (Lipinski definition) is 1. The summed E-state index contributed by atoms with van der Waals surface area (Å²) in [6.45, 7) is 0.0327. The monoisotopic (exact) mass is 326 g/mol. The molecule has 0 heterocycles. The van der Waals surface area contributed by atoms with Crippen molar-refractivity contribution in [2.24, 2.45) is 11.7 Å². The first-order valence-electron chi connectivity index (χ1n) is 8.07. The van der Waals surface area contributed by atoms with E-state index in [0.717, 1.165) is 31.7 Å². The van der Waals surface area contributed by atoms with Crippen LogP contribution in [0.3, 0.4) is 0 Å². The summed E-state index contributed by atoms with van der Waals surface area (Å²) in [5.41, 5.74) is 5.39. The van der Waals surface area contributed by atoms with Crippen molar-refractivity contribution in [3.63, 3.8) is 0 Å². The van der Waals surface area contributed by atoms with Crippen molar-refractivity contribution < 1.29 is 18.0 Å². The normalized spacial score (nSPS) is 24.7. The van der Waals surface area contributed by atoms with Gasteiger partial charge in [0.25, 0.3) is 0 Å². The minimum Gasteiger partial charge on any atom is -0.335 e. The summed E-state index contributed by atoms with van der Waals surface area (Å²) in [6, 6.07) is 5.63. The number of benzene rings is 1. The predicted molar refractivity (Wildman–Crippen MR) is 80.3 cm³/mol. The van der Waals surface area contributed by atoms with E-state index in [1.807, 2.05) is 0 Å². The summed E-state index contributed by atoms with van der Waals surface area (Å²) in [5.74, 6) is -0.166. The molecule has 1 amide bonds. The Morgan fingerprint density at radius 3 is 2.43 bits per heavy atom. The number of rotatable bonds is 4. The largest absolute Gasteiger partial charge is 0.416 e. The van der Waals surface area contributed by atoms with E-state index in [2.05, 4.69) is 0 Å². The third kappa shape index (κ3) is 3.68. The third-order valence-electron chi connectivity index (χ3n) is 4.76. The average molecular weight is 326 g/mol. The Bertz CT molecular complexity index is 583. The molecule has 2 atom stereocenters. The van der Waals surface area contributed by atoms with E-state index >= 15 is 0 Å². The van der Waals surface area contributed by atoms with E-state index in [-0.39, 0.29) is 36.0 Å². The number of carbonyl (C=O) groups is 1. The topological polar surface area (TPSA) is 46.3 Å². The van der Waals surface area contributed by atoms with Crippen LogP contribution in [0.15, 0.2) is 24.3 Å². The first-order chi connectivity index (χ1) is 10.9. The van der Waals surface area contributed by atoms with Gasteiger partial charge in [0.05, 0.1) is 5.56 Å². The highest BCUT2D eigenvalue weighted by molar-refractivity contribution is 5.80. The Morgan fingerprint density at radius 2 is 1.87 bits per heavy atom. The smallest absolute Gasteiger partial charge is 0.335 e. The summed E-state index contributed by atoms with van der Waals surface area (Å²) in [6.07, 6.45) is -0.455. The van der Waals surface area contributed by atoms with Crippen molar-refractivity contribution in [2.75, 3.05) is 0 Å². The van der Waals surface area contributed by atoms with Gasteiger partial charge in [-0.3, -0.25) is 4.79 Å². The maximum atomic E-state index is 13.1. The van der Waals surface area contributed by atoms with Gasteiger partial charge in [0.1, 0.15) is 0 Å². The lowest BCUT2D eigenvalue weighted by atomic mass is 10.0. The van der Waals surface area contributed by atoms with Crippen LogP contribution in [0.1, 0.15) is 43.2 Å². The molecule has 3 rings (SSSR count). The molecule has 2 N–H and O–H groups in total. The molecule has 0 aliphatic heterocycles. The number of halogens is 3. The molecular formula is C17H21F3N2O. The van der Waals surface area contributed by atoms with Gasteiger partial charge in [0.2, 0.25) is 5.91 Å². The van der Waals surface area contributed by atoms with Crippen molar-refractivity contribution >= 4 is 5.91 Å². The fourth-order valence-corrected chi connectivity index (χ4v) is 3.37. The van der Waals surface area contributed by atoms with Gasteiger partial charge in [-0.25, -0.2) is 0 Å². The molecule has 0 bridgehead atoms. The lowest BCUT2D eigenvalue weighted by Gasteiger charge is -2.27. The standard InChI is InChI=1S/C17H21F3N2O/c18-17(19,20)15-4-2-1-3-12(15)10-22(14-7-8-14)16(23)11-5-6-13(21)9-11/h1-4,11,13-14H,5-10,21H2/t11-,13+/m0/s1. The molecule has 1 aromatic rings. The molecule has 2 aliphatic carbocycles. The molecule has 0 aromatic heterocycles. The van der Waals surface area contributed by atoms with Crippen LogP contribution in [0.5, 0.6) is 0 Å². The Morgan fingerprint density at radius 1 is 1.17 bits per heavy atom. The highest BCUT2D eigenvalue weighted by Gasteiger charge is 2.40. The van der Waals surface area contributed by atoms with Gasteiger partial charge in [0, 0.05) is 24.5 Å². The van der Waals surface area contributed by atoms with Crippen molar-refractivity contribution in [3.8, 4) is 0 Å². The van der Waals surface area contributed by atoms with E-state index in [0.29, 0.717) is 6.42 Å². The molecule has 0 unspecified atom stereocenters. The minimum atomic E-state index is -4.40. The number of nitrogens with two attached hydrogens (primary N) is 1. The molecule has 0 radical (unpaired) electrons. The Hall–Kier alpha value is -1.56. The molecule has 2 aliphatic rings. The van der Waals surface area contributed by atoms with E-state index in [4.69, 9.17) is 5.73 Å². The number of amides is 1. The SMILES string of the molecule is N[C@@H]1CC[C@H](C(=O)N(Cc2ccccc2C(F)(F)F)C2CC2)C1. The number of nitrogens with zero attached hydrogens (tertiary/aromatic N) is 1. The van der Waals surface area contributed by atoms with Gasteiger partial charge >= 0.3 is 6.18 Å². The van der Waals surface area contributed by atoms with Gasteiger partial charge < -0.3 is 10.6 Å². The Kier molecular flexibility index (Phi) is 4.36. The first-order valence-corrected chi connectivity index (χ1v) is 8.07. The molecule has 0 spiro atoms. The molecule has 1 aromatic carbocycles. The molecule has 2 saturated carbocycles. The van der Waals surface area contributed by atoms with Crippen molar-refractivity contribution in [3.05, 3.63) is 35.4 Å². The van der Waals surface area contributed by atoms with Crippen LogP contribution < -0.4 is 5.73 Å². The molecule has 2 fully saturated rings. The molecular weight excluding hydrogens is 305 g/mol. The second-order valence-corrected chi connectivity index (χ2v) is 6.62. The van der Waals surface area contributed by atoms with Gasteiger partial charge in [-0.2, -0.15) is 13.2 Å². The quantitative estimate of drug-likeness (QED) is 0.922. The molecule has 126 valence electrons. The fourth-order valence-electron chi connectivity index (χ4n) is 3.37. The minimum absolute atomic E-state index is 0.0302. The van der Waals surface area contributed by atoms with Gasteiger partial charge in [-0.15, -0.1) is 0 Å². The highest BCUT2D eigenvalue weighted by atomic mass is 19.4. The lowest BCUT2D eigenvalue weighted by Crippen LogP contribution is -2.37. The van der Waals surface area contributed by atoms with Crippen LogP contribution in [0.4, 0.5) is 13.2 Å². The zero-order chi connectivity index (χ0) is 16.6. The maximum absolute atomic E-state index is 13.1. The van der Waals surface area contributed by atoms with Crippen molar-refractivity contribution in [1.82, 2.24) is 4.90 Å². The summed E-state index contributed by atoms with van der Waals surface area (Å²) in [5, 5.41) is 0. The third-order valence-corrected chi connectivity index (χ3v) is 4.76. The molecule has 3 nitrogen and oxygen atoms in total. The Labute approximate surface area is 133 Å². The summed E-state index contributed by atoms with van der Waals surface area (Å²) in [7, 11) is 0. The second-order valence-electron chi connectivity index (χ2n) is 6.62. The maximum Gasteiger partial charge on any atom is 0.416 e. The van der Waals surface area contributed by atoms with Gasteiger partial charge in [-0.05, 0) is 43.7 Å². The fraction of sp³-hybridized carbons (Fsp3) is 0.588. The van der Waals surface area contributed by atoms with Crippen LogP contribution in [0, 0.1) is 5.92 Å². The molecule has 23 heavy (non-hydrogen) atoms. The van der Waals surface area contributed by atoms with Crippen LogP contribution in [-0.2, 0) is 17.5 Å². The highest BCUT2D eigenvalue weighted by Crippen LogP contribution is 2.37. The number of alkyl halides is 3. The van der Waals surface area contributed by atoms with Gasteiger partial charge in [0.15, 0.2) is 0 Å². The average Bonchev–Trinajstić information content (AvgIpc) is 3.24. The van der Waals surface area contributed by atoms with E-state index in [1.165, 1.54) is 12.1 Å². The lowest BCUT2D eigenvalue weighted by molar-refractivity contribution is -0.141. The zero-order valence-corrected chi connectivity index (χ0v) is 12.9. The number of hydrogen-bond acceptors (Lipinski definition) is 2. The van der Waals surface area contributed by atoms with E-state index < -0.39 is 11.7 Å².